The molecule has 0 spiro atoms. The Morgan fingerprint density at radius 3 is 2.25 bits per heavy atom. The van der Waals surface area contributed by atoms with Gasteiger partial charge in [-0.3, -0.25) is 4.79 Å². The quantitative estimate of drug-likeness (QED) is 0.588. The standard InChI is InChI=1S/C13H10O2.Na/c14-10-11-5-4-8-13(9-11)15-12-6-2-1-3-7-12;/h1-10H;. The van der Waals surface area contributed by atoms with Gasteiger partial charge in [-0.05, 0) is 24.3 Å². The van der Waals surface area contributed by atoms with Gasteiger partial charge in [0, 0.05) is 35.1 Å². The number of ether oxygens (including phenoxy) is 1. The van der Waals surface area contributed by atoms with Gasteiger partial charge in [0.25, 0.3) is 0 Å². The van der Waals surface area contributed by atoms with Crippen molar-refractivity contribution in [1.29, 1.82) is 0 Å². The first kappa shape index (κ1) is 13.0. The third-order valence-corrected chi connectivity index (χ3v) is 1.97. The molecule has 2 nitrogen and oxygen atoms in total. The van der Waals surface area contributed by atoms with Crippen molar-refractivity contribution in [1.82, 2.24) is 0 Å². The number of hydrogen-bond acceptors (Lipinski definition) is 2. The molecule has 0 aliphatic rings. The van der Waals surface area contributed by atoms with E-state index in [4.69, 9.17) is 4.74 Å². The van der Waals surface area contributed by atoms with Gasteiger partial charge in [-0.25, -0.2) is 0 Å². The average Bonchev–Trinajstić information content (AvgIpc) is 2.31. The molecular formula is C13H10NaO2. The summed E-state index contributed by atoms with van der Waals surface area (Å²) in [5.41, 5.74) is 0.614. The fourth-order valence-electron chi connectivity index (χ4n) is 1.28. The molecule has 3 heteroatoms. The normalized spacial score (nSPS) is 9.00. The molecular weight excluding hydrogens is 211 g/mol. The molecule has 0 aromatic heterocycles. The van der Waals surface area contributed by atoms with E-state index in [9.17, 15) is 4.79 Å². The molecule has 0 aliphatic carbocycles. The number of hydrogen-bond donors (Lipinski definition) is 0. The van der Waals surface area contributed by atoms with Crippen LogP contribution in [0.25, 0.3) is 0 Å². The second-order valence-electron chi connectivity index (χ2n) is 3.11. The SMILES string of the molecule is O=Cc1cccc(Oc2ccccc2)c1.[Na]. The van der Waals surface area contributed by atoms with Crippen LogP contribution in [0.4, 0.5) is 0 Å². The first-order chi connectivity index (χ1) is 7.38. The Balaban J connectivity index is 0.00000128. The molecule has 2 aromatic rings. The first-order valence-corrected chi connectivity index (χ1v) is 4.66. The zero-order chi connectivity index (χ0) is 10.5. The van der Waals surface area contributed by atoms with Crippen molar-refractivity contribution < 1.29 is 9.53 Å². The third kappa shape index (κ3) is 3.49. The van der Waals surface area contributed by atoms with E-state index < -0.39 is 0 Å². The summed E-state index contributed by atoms with van der Waals surface area (Å²) in [7, 11) is 0. The summed E-state index contributed by atoms with van der Waals surface area (Å²) in [5.74, 6) is 1.44. The zero-order valence-corrected chi connectivity index (χ0v) is 11.1. The van der Waals surface area contributed by atoms with Gasteiger partial charge >= 0.3 is 0 Å². The van der Waals surface area contributed by atoms with Crippen LogP contribution in [0.1, 0.15) is 10.4 Å². The van der Waals surface area contributed by atoms with Crippen LogP contribution >= 0.6 is 0 Å². The van der Waals surface area contributed by atoms with Crippen molar-refractivity contribution in [2.24, 2.45) is 0 Å². The van der Waals surface area contributed by atoms with Gasteiger partial charge in [0.15, 0.2) is 0 Å². The van der Waals surface area contributed by atoms with Crippen molar-refractivity contribution in [3.05, 3.63) is 60.2 Å². The largest absolute Gasteiger partial charge is 0.457 e. The number of carbonyl (C=O) groups excluding carboxylic acids is 1. The molecule has 0 fully saturated rings. The molecule has 0 unspecified atom stereocenters. The molecule has 0 bridgehead atoms. The van der Waals surface area contributed by atoms with Crippen molar-refractivity contribution in [2.45, 2.75) is 0 Å². The second kappa shape index (κ2) is 6.48. The van der Waals surface area contributed by atoms with Crippen LogP contribution in [0.3, 0.4) is 0 Å². The van der Waals surface area contributed by atoms with E-state index in [-0.39, 0.29) is 29.6 Å². The Morgan fingerprint density at radius 2 is 1.56 bits per heavy atom. The molecule has 2 aromatic carbocycles. The maximum Gasteiger partial charge on any atom is 0.150 e. The van der Waals surface area contributed by atoms with Crippen LogP contribution in [0, 0.1) is 0 Å². The summed E-state index contributed by atoms with van der Waals surface area (Å²) >= 11 is 0. The van der Waals surface area contributed by atoms with Crippen LogP contribution in [0.2, 0.25) is 0 Å². The maximum atomic E-state index is 10.6. The number of carbonyl (C=O) groups is 1. The van der Waals surface area contributed by atoms with E-state index in [1.165, 1.54) is 0 Å². The van der Waals surface area contributed by atoms with E-state index in [1.807, 2.05) is 36.4 Å². The van der Waals surface area contributed by atoms with Crippen LogP contribution < -0.4 is 4.74 Å². The van der Waals surface area contributed by atoms with Crippen LogP contribution in [0.15, 0.2) is 54.6 Å². The van der Waals surface area contributed by atoms with Gasteiger partial charge in [-0.2, -0.15) is 0 Å². The maximum absolute atomic E-state index is 10.6. The fraction of sp³-hybridized carbons (Fsp3) is 0. The summed E-state index contributed by atoms with van der Waals surface area (Å²) in [5, 5.41) is 0. The second-order valence-corrected chi connectivity index (χ2v) is 3.11. The van der Waals surface area contributed by atoms with E-state index in [0.717, 1.165) is 12.0 Å². The Morgan fingerprint density at radius 1 is 0.875 bits per heavy atom. The molecule has 75 valence electrons. The molecule has 0 atom stereocenters. The average molecular weight is 221 g/mol. The molecule has 1 radical (unpaired) electrons. The van der Waals surface area contributed by atoms with E-state index >= 15 is 0 Å². The Labute approximate surface area is 117 Å². The van der Waals surface area contributed by atoms with Crippen molar-refractivity contribution in [3.8, 4) is 11.5 Å². The van der Waals surface area contributed by atoms with Crippen molar-refractivity contribution in [2.75, 3.05) is 0 Å². The number of rotatable bonds is 3. The zero-order valence-electron chi connectivity index (χ0n) is 9.09. The third-order valence-electron chi connectivity index (χ3n) is 1.97. The Bertz CT molecular complexity index is 454. The molecule has 0 N–H and O–H groups in total. The molecule has 2 rings (SSSR count). The number of para-hydroxylation sites is 1. The summed E-state index contributed by atoms with van der Waals surface area (Å²) < 4.78 is 5.56. The van der Waals surface area contributed by atoms with Gasteiger partial charge < -0.3 is 4.74 Å². The first-order valence-electron chi connectivity index (χ1n) is 4.66. The summed E-state index contributed by atoms with van der Waals surface area (Å²) in [4.78, 5) is 10.6. The summed E-state index contributed by atoms with van der Waals surface area (Å²) in [6.45, 7) is 0. The van der Waals surface area contributed by atoms with Crippen molar-refractivity contribution in [3.63, 3.8) is 0 Å². The van der Waals surface area contributed by atoms with Gasteiger partial charge in [-0.1, -0.05) is 30.3 Å². The molecule has 0 heterocycles. The van der Waals surface area contributed by atoms with E-state index in [0.29, 0.717) is 11.3 Å². The molecule has 0 aliphatic heterocycles. The van der Waals surface area contributed by atoms with Gasteiger partial charge in [-0.15, -0.1) is 0 Å². The van der Waals surface area contributed by atoms with Gasteiger partial charge in [0.1, 0.15) is 17.8 Å². The van der Waals surface area contributed by atoms with Crippen LogP contribution in [0.5, 0.6) is 11.5 Å². The van der Waals surface area contributed by atoms with Crippen LogP contribution in [-0.2, 0) is 0 Å². The minimum absolute atomic E-state index is 0. The smallest absolute Gasteiger partial charge is 0.150 e. The summed E-state index contributed by atoms with van der Waals surface area (Å²) in [6, 6.07) is 16.5. The molecule has 0 amide bonds. The van der Waals surface area contributed by atoms with E-state index in [1.54, 1.807) is 18.2 Å². The number of benzene rings is 2. The summed E-state index contributed by atoms with van der Waals surface area (Å²) in [6.07, 6.45) is 0.803. The monoisotopic (exact) mass is 221 g/mol. The molecule has 16 heavy (non-hydrogen) atoms. The van der Waals surface area contributed by atoms with Gasteiger partial charge in [0.2, 0.25) is 0 Å². The predicted molar refractivity (Wildman–Crippen MR) is 64.1 cm³/mol. The van der Waals surface area contributed by atoms with Crippen molar-refractivity contribution >= 4 is 35.8 Å². The molecule has 0 saturated heterocycles. The minimum atomic E-state index is 0. The predicted octanol–water partition coefficient (Wildman–Crippen LogP) is 2.91. The van der Waals surface area contributed by atoms with Crippen LogP contribution in [-0.4, -0.2) is 35.8 Å². The number of aldehydes is 1. The Kier molecular flexibility index (Phi) is 5.26. The van der Waals surface area contributed by atoms with Gasteiger partial charge in [0.05, 0.1) is 0 Å². The topological polar surface area (TPSA) is 26.3 Å². The Hall–Kier alpha value is -1.09. The van der Waals surface area contributed by atoms with E-state index in [2.05, 4.69) is 0 Å². The fourth-order valence-corrected chi connectivity index (χ4v) is 1.28. The minimum Gasteiger partial charge on any atom is -0.457 e. The molecule has 0 saturated carbocycles.